The molecule has 0 radical (unpaired) electrons. The second-order valence-corrected chi connectivity index (χ2v) is 5.27. The van der Waals surface area contributed by atoms with Crippen LogP contribution in [0.2, 0.25) is 0 Å². The number of carbonyl (C=O) groups is 1. The Morgan fingerprint density at radius 3 is 2.61 bits per heavy atom. The van der Waals surface area contributed by atoms with Gasteiger partial charge in [0.15, 0.2) is 0 Å². The Balaban J connectivity index is 1.97. The Kier molecular flexibility index (Phi) is 4.37. The number of nitrogens with one attached hydrogen (secondary N) is 1. The van der Waals surface area contributed by atoms with Gasteiger partial charge in [-0.15, -0.1) is 0 Å². The molecule has 1 fully saturated rings. The van der Waals surface area contributed by atoms with E-state index in [4.69, 9.17) is 0 Å². The van der Waals surface area contributed by atoms with E-state index in [0.29, 0.717) is 12.5 Å². The molecule has 1 heterocycles. The number of hydrogen-bond donors (Lipinski definition) is 1. The summed E-state index contributed by atoms with van der Waals surface area (Å²) in [5, 5.41) is 3.04. The summed E-state index contributed by atoms with van der Waals surface area (Å²) in [7, 11) is 0. The van der Waals surface area contributed by atoms with Gasteiger partial charge in [0, 0.05) is 5.69 Å². The molecule has 1 aliphatic heterocycles. The lowest BCUT2D eigenvalue weighted by molar-refractivity contribution is -0.117. The third-order valence-electron chi connectivity index (χ3n) is 3.42. The number of rotatable bonds is 4. The van der Waals surface area contributed by atoms with E-state index in [-0.39, 0.29) is 5.91 Å². The van der Waals surface area contributed by atoms with Gasteiger partial charge in [-0.25, -0.2) is 0 Å². The first-order chi connectivity index (χ1) is 8.66. The molecule has 3 nitrogen and oxygen atoms in total. The van der Waals surface area contributed by atoms with Crippen LogP contribution in [0, 0.1) is 0 Å². The fourth-order valence-electron chi connectivity index (χ4n) is 2.45. The van der Waals surface area contributed by atoms with Gasteiger partial charge in [-0.05, 0) is 43.5 Å². The van der Waals surface area contributed by atoms with Crippen molar-refractivity contribution in [1.29, 1.82) is 0 Å². The van der Waals surface area contributed by atoms with Crippen LogP contribution in [0.5, 0.6) is 0 Å². The zero-order chi connectivity index (χ0) is 13.0. The van der Waals surface area contributed by atoms with Crippen molar-refractivity contribution in [2.75, 3.05) is 25.0 Å². The summed E-state index contributed by atoms with van der Waals surface area (Å²) >= 11 is 0. The van der Waals surface area contributed by atoms with E-state index in [1.807, 2.05) is 18.2 Å². The van der Waals surface area contributed by atoms with Crippen molar-refractivity contribution >= 4 is 11.6 Å². The van der Waals surface area contributed by atoms with E-state index in [1.54, 1.807) is 0 Å². The van der Waals surface area contributed by atoms with Crippen molar-refractivity contribution in [3.8, 4) is 0 Å². The molecule has 18 heavy (non-hydrogen) atoms. The number of nitrogens with zero attached hydrogens (tertiary/aromatic N) is 1. The minimum Gasteiger partial charge on any atom is -0.325 e. The monoisotopic (exact) mass is 246 g/mol. The van der Waals surface area contributed by atoms with Crippen molar-refractivity contribution in [3.05, 3.63) is 29.8 Å². The minimum atomic E-state index is 0.102. The number of hydrogen-bond acceptors (Lipinski definition) is 2. The predicted octanol–water partition coefficient (Wildman–Crippen LogP) is 2.84. The predicted molar refractivity (Wildman–Crippen MR) is 74.8 cm³/mol. The fraction of sp³-hybridized carbons (Fsp3) is 0.533. The highest BCUT2D eigenvalue weighted by atomic mass is 16.2. The molecule has 1 aliphatic rings. The molecule has 0 aromatic heterocycles. The Bertz CT molecular complexity index is 409. The standard InChI is InChI=1S/C15H22N2O/c1-12(2)13-7-3-4-8-14(13)16-15(18)11-17-9-5-6-10-17/h3-4,7-8,12H,5-6,9-11H2,1-2H3,(H,16,18). The number of likely N-dealkylation sites (tertiary alicyclic amines) is 1. The van der Waals surface area contributed by atoms with Gasteiger partial charge in [-0.1, -0.05) is 32.0 Å². The molecule has 1 aromatic rings. The van der Waals surface area contributed by atoms with Crippen molar-refractivity contribution in [3.63, 3.8) is 0 Å². The van der Waals surface area contributed by atoms with E-state index in [0.717, 1.165) is 18.8 Å². The number of anilines is 1. The Labute approximate surface area is 109 Å². The first kappa shape index (κ1) is 13.1. The first-order valence-electron chi connectivity index (χ1n) is 6.78. The molecule has 0 saturated carbocycles. The molecular weight excluding hydrogens is 224 g/mol. The summed E-state index contributed by atoms with van der Waals surface area (Å²) in [5.74, 6) is 0.526. The van der Waals surface area contributed by atoms with E-state index in [2.05, 4.69) is 30.1 Å². The maximum Gasteiger partial charge on any atom is 0.238 e. The third-order valence-corrected chi connectivity index (χ3v) is 3.42. The number of para-hydroxylation sites is 1. The molecule has 1 N–H and O–H groups in total. The highest BCUT2D eigenvalue weighted by Crippen LogP contribution is 2.23. The van der Waals surface area contributed by atoms with Gasteiger partial charge < -0.3 is 5.32 Å². The highest BCUT2D eigenvalue weighted by molar-refractivity contribution is 5.93. The van der Waals surface area contributed by atoms with Crippen LogP contribution >= 0.6 is 0 Å². The molecule has 1 amide bonds. The van der Waals surface area contributed by atoms with Gasteiger partial charge in [0.25, 0.3) is 0 Å². The summed E-state index contributed by atoms with van der Waals surface area (Å²) in [4.78, 5) is 14.2. The quantitative estimate of drug-likeness (QED) is 0.886. The zero-order valence-electron chi connectivity index (χ0n) is 11.3. The van der Waals surface area contributed by atoms with Gasteiger partial charge in [0.2, 0.25) is 5.91 Å². The number of amides is 1. The molecule has 0 bridgehead atoms. The van der Waals surface area contributed by atoms with Crippen molar-refractivity contribution in [2.24, 2.45) is 0 Å². The van der Waals surface area contributed by atoms with E-state index < -0.39 is 0 Å². The Hall–Kier alpha value is -1.35. The first-order valence-corrected chi connectivity index (χ1v) is 6.78. The van der Waals surface area contributed by atoms with Gasteiger partial charge in [-0.2, -0.15) is 0 Å². The SMILES string of the molecule is CC(C)c1ccccc1NC(=O)CN1CCCC1. The molecule has 3 heteroatoms. The van der Waals surface area contributed by atoms with Crippen LogP contribution in [0.3, 0.4) is 0 Å². The van der Waals surface area contributed by atoms with Crippen LogP contribution in [-0.4, -0.2) is 30.4 Å². The second kappa shape index (κ2) is 6.01. The van der Waals surface area contributed by atoms with Crippen molar-refractivity contribution < 1.29 is 4.79 Å². The molecular formula is C15H22N2O. The number of carbonyl (C=O) groups excluding carboxylic acids is 1. The normalized spacial score (nSPS) is 16.2. The van der Waals surface area contributed by atoms with Crippen LogP contribution in [-0.2, 0) is 4.79 Å². The summed E-state index contributed by atoms with van der Waals surface area (Å²) < 4.78 is 0. The smallest absolute Gasteiger partial charge is 0.238 e. The van der Waals surface area contributed by atoms with Crippen LogP contribution in [0.15, 0.2) is 24.3 Å². The number of benzene rings is 1. The van der Waals surface area contributed by atoms with Gasteiger partial charge in [-0.3, -0.25) is 9.69 Å². The molecule has 1 aromatic carbocycles. The Morgan fingerprint density at radius 2 is 1.94 bits per heavy atom. The third kappa shape index (κ3) is 3.33. The molecule has 0 atom stereocenters. The summed E-state index contributed by atoms with van der Waals surface area (Å²) in [6, 6.07) is 8.05. The zero-order valence-corrected chi connectivity index (χ0v) is 11.3. The van der Waals surface area contributed by atoms with Gasteiger partial charge in [0.1, 0.15) is 0 Å². The molecule has 0 spiro atoms. The van der Waals surface area contributed by atoms with Crippen molar-refractivity contribution in [1.82, 2.24) is 4.90 Å². The summed E-state index contributed by atoms with van der Waals surface area (Å²) in [6.07, 6.45) is 2.44. The molecule has 1 saturated heterocycles. The van der Waals surface area contributed by atoms with Crippen LogP contribution in [0.4, 0.5) is 5.69 Å². The van der Waals surface area contributed by atoms with Crippen molar-refractivity contribution in [2.45, 2.75) is 32.6 Å². The fourth-order valence-corrected chi connectivity index (χ4v) is 2.45. The Morgan fingerprint density at radius 1 is 1.28 bits per heavy atom. The summed E-state index contributed by atoms with van der Waals surface area (Å²) in [6.45, 7) is 6.92. The van der Waals surface area contributed by atoms with Gasteiger partial charge >= 0.3 is 0 Å². The van der Waals surface area contributed by atoms with Gasteiger partial charge in [0.05, 0.1) is 6.54 Å². The maximum atomic E-state index is 12.0. The molecule has 0 aliphatic carbocycles. The van der Waals surface area contributed by atoms with E-state index in [1.165, 1.54) is 18.4 Å². The molecule has 0 unspecified atom stereocenters. The van der Waals surface area contributed by atoms with Crippen LogP contribution < -0.4 is 5.32 Å². The highest BCUT2D eigenvalue weighted by Gasteiger charge is 2.16. The van der Waals surface area contributed by atoms with E-state index >= 15 is 0 Å². The average molecular weight is 246 g/mol. The largest absolute Gasteiger partial charge is 0.325 e. The second-order valence-electron chi connectivity index (χ2n) is 5.27. The van der Waals surface area contributed by atoms with Crippen LogP contribution in [0.25, 0.3) is 0 Å². The lowest BCUT2D eigenvalue weighted by atomic mass is 10.0. The van der Waals surface area contributed by atoms with Crippen LogP contribution in [0.1, 0.15) is 38.2 Å². The summed E-state index contributed by atoms with van der Waals surface area (Å²) in [5.41, 5.74) is 2.16. The topological polar surface area (TPSA) is 32.3 Å². The maximum absolute atomic E-state index is 12.0. The lowest BCUT2D eigenvalue weighted by Gasteiger charge is -2.17. The molecule has 2 rings (SSSR count). The lowest BCUT2D eigenvalue weighted by Crippen LogP contribution is -2.31. The average Bonchev–Trinajstić information content (AvgIpc) is 2.82. The van der Waals surface area contributed by atoms with E-state index in [9.17, 15) is 4.79 Å². The molecule has 98 valence electrons. The minimum absolute atomic E-state index is 0.102.